The van der Waals surface area contributed by atoms with Crippen molar-refractivity contribution in [3.8, 4) is 0 Å². The summed E-state index contributed by atoms with van der Waals surface area (Å²) in [5, 5.41) is 1.27. The third-order valence-electron chi connectivity index (χ3n) is 2.10. The van der Waals surface area contributed by atoms with Gasteiger partial charge in [0.05, 0.1) is 6.67 Å². The van der Waals surface area contributed by atoms with Gasteiger partial charge in [0.2, 0.25) is 0 Å². The molecule has 1 aliphatic heterocycles. The predicted octanol–water partition coefficient (Wildman–Crippen LogP) is 2.76. The first-order chi connectivity index (χ1) is 6.06. The molecule has 13 heavy (non-hydrogen) atoms. The SMILES string of the molecule is CC=C(C)CN1CN(C)C(Cl)=C1Cl. The fourth-order valence-electron chi connectivity index (χ4n) is 1.18. The Labute approximate surface area is 89.4 Å². The summed E-state index contributed by atoms with van der Waals surface area (Å²) in [6, 6.07) is 0. The smallest absolute Gasteiger partial charge is 0.142 e. The quantitative estimate of drug-likeness (QED) is 0.522. The molecule has 0 aromatic heterocycles. The summed E-state index contributed by atoms with van der Waals surface area (Å²) in [5.41, 5.74) is 1.29. The predicted molar refractivity (Wildman–Crippen MR) is 57.5 cm³/mol. The minimum Gasteiger partial charge on any atom is -0.345 e. The molecule has 0 aromatic carbocycles. The lowest BCUT2D eigenvalue weighted by Gasteiger charge is -2.19. The zero-order chi connectivity index (χ0) is 10.0. The Balaban J connectivity index is 2.66. The van der Waals surface area contributed by atoms with Crippen LogP contribution in [0.2, 0.25) is 0 Å². The Morgan fingerprint density at radius 2 is 2.08 bits per heavy atom. The molecule has 0 N–H and O–H groups in total. The standard InChI is InChI=1S/C9H14Cl2N2/c1-4-7(2)5-13-6-12(3)8(10)9(13)11/h4H,5-6H2,1-3H3. The van der Waals surface area contributed by atoms with E-state index in [0.717, 1.165) is 13.2 Å². The van der Waals surface area contributed by atoms with Crippen molar-refractivity contribution in [3.05, 3.63) is 22.0 Å². The molecular formula is C9H14Cl2N2. The van der Waals surface area contributed by atoms with Crippen molar-refractivity contribution in [2.24, 2.45) is 0 Å². The second kappa shape index (κ2) is 4.25. The fraction of sp³-hybridized carbons (Fsp3) is 0.556. The van der Waals surface area contributed by atoms with Gasteiger partial charge in [0.15, 0.2) is 0 Å². The Morgan fingerprint density at radius 3 is 2.46 bits per heavy atom. The number of halogens is 2. The van der Waals surface area contributed by atoms with Gasteiger partial charge in [-0.1, -0.05) is 34.9 Å². The second-order valence-corrected chi connectivity index (χ2v) is 3.97. The summed E-state index contributed by atoms with van der Waals surface area (Å²) in [4.78, 5) is 3.96. The molecule has 74 valence electrons. The van der Waals surface area contributed by atoms with E-state index in [1.165, 1.54) is 5.57 Å². The largest absolute Gasteiger partial charge is 0.345 e. The van der Waals surface area contributed by atoms with Gasteiger partial charge < -0.3 is 9.80 Å². The molecule has 1 rings (SSSR count). The minimum absolute atomic E-state index is 0.630. The molecule has 0 spiro atoms. The van der Waals surface area contributed by atoms with Crippen LogP contribution in [0, 0.1) is 0 Å². The van der Waals surface area contributed by atoms with Crippen LogP contribution in [-0.4, -0.2) is 30.1 Å². The van der Waals surface area contributed by atoms with Crippen molar-refractivity contribution in [1.82, 2.24) is 9.80 Å². The van der Waals surface area contributed by atoms with Gasteiger partial charge in [-0.2, -0.15) is 0 Å². The van der Waals surface area contributed by atoms with Crippen molar-refractivity contribution in [2.45, 2.75) is 13.8 Å². The van der Waals surface area contributed by atoms with Crippen LogP contribution in [0.15, 0.2) is 22.0 Å². The summed E-state index contributed by atoms with van der Waals surface area (Å²) in [5.74, 6) is 0. The van der Waals surface area contributed by atoms with Gasteiger partial charge in [0.25, 0.3) is 0 Å². The van der Waals surface area contributed by atoms with E-state index in [2.05, 4.69) is 13.0 Å². The minimum atomic E-state index is 0.630. The van der Waals surface area contributed by atoms with Crippen molar-refractivity contribution < 1.29 is 0 Å². The molecule has 0 radical (unpaired) electrons. The number of nitrogens with zero attached hydrogens (tertiary/aromatic N) is 2. The molecule has 0 bridgehead atoms. The topological polar surface area (TPSA) is 6.48 Å². The maximum atomic E-state index is 6.03. The molecule has 0 saturated heterocycles. The highest BCUT2D eigenvalue weighted by atomic mass is 35.5. The highest BCUT2D eigenvalue weighted by Crippen LogP contribution is 2.28. The summed E-state index contributed by atoms with van der Waals surface area (Å²) in [7, 11) is 1.93. The van der Waals surface area contributed by atoms with E-state index in [0.29, 0.717) is 10.3 Å². The maximum absolute atomic E-state index is 6.03. The highest BCUT2D eigenvalue weighted by molar-refractivity contribution is 6.38. The molecule has 1 aliphatic rings. The second-order valence-electron chi connectivity index (χ2n) is 3.25. The van der Waals surface area contributed by atoms with Crippen molar-refractivity contribution in [3.63, 3.8) is 0 Å². The average Bonchev–Trinajstić information content (AvgIpc) is 2.34. The first-order valence-electron chi connectivity index (χ1n) is 4.19. The number of hydrogen-bond acceptors (Lipinski definition) is 2. The van der Waals surface area contributed by atoms with E-state index in [1.54, 1.807) is 0 Å². The fourth-order valence-corrected chi connectivity index (χ4v) is 1.61. The Hall–Kier alpha value is -0.340. The lowest BCUT2D eigenvalue weighted by Crippen LogP contribution is -2.25. The van der Waals surface area contributed by atoms with Crippen molar-refractivity contribution in [2.75, 3.05) is 20.3 Å². The van der Waals surface area contributed by atoms with Crippen LogP contribution in [0.3, 0.4) is 0 Å². The molecule has 4 heteroatoms. The molecule has 0 unspecified atom stereocenters. The summed E-state index contributed by atoms with van der Waals surface area (Å²) >= 11 is 12.0. The Bertz CT molecular complexity index is 258. The summed E-state index contributed by atoms with van der Waals surface area (Å²) in [6.45, 7) is 5.71. The van der Waals surface area contributed by atoms with E-state index in [9.17, 15) is 0 Å². The van der Waals surface area contributed by atoms with Crippen molar-refractivity contribution in [1.29, 1.82) is 0 Å². The zero-order valence-corrected chi connectivity index (χ0v) is 9.65. The lowest BCUT2D eigenvalue weighted by molar-refractivity contribution is 0.306. The summed E-state index contributed by atoms with van der Waals surface area (Å²) < 4.78 is 0. The highest BCUT2D eigenvalue weighted by Gasteiger charge is 2.23. The van der Waals surface area contributed by atoms with Gasteiger partial charge in [-0.25, -0.2) is 0 Å². The van der Waals surface area contributed by atoms with E-state index < -0.39 is 0 Å². The number of rotatable bonds is 2. The number of allylic oxidation sites excluding steroid dienone is 1. The van der Waals surface area contributed by atoms with Crippen LogP contribution in [-0.2, 0) is 0 Å². The van der Waals surface area contributed by atoms with Gasteiger partial charge in [0.1, 0.15) is 10.3 Å². The van der Waals surface area contributed by atoms with E-state index >= 15 is 0 Å². The maximum Gasteiger partial charge on any atom is 0.142 e. The van der Waals surface area contributed by atoms with Crippen LogP contribution in [0.5, 0.6) is 0 Å². The van der Waals surface area contributed by atoms with Gasteiger partial charge in [-0.05, 0) is 13.8 Å². The first-order valence-corrected chi connectivity index (χ1v) is 4.95. The lowest BCUT2D eigenvalue weighted by atomic mass is 10.3. The molecule has 0 saturated carbocycles. The van der Waals surface area contributed by atoms with E-state index in [-0.39, 0.29) is 0 Å². The molecule has 0 amide bonds. The van der Waals surface area contributed by atoms with Crippen LogP contribution in [0.4, 0.5) is 0 Å². The van der Waals surface area contributed by atoms with E-state index in [1.807, 2.05) is 23.8 Å². The molecule has 0 aliphatic carbocycles. The average molecular weight is 221 g/mol. The van der Waals surface area contributed by atoms with Gasteiger partial charge in [-0.3, -0.25) is 0 Å². The van der Waals surface area contributed by atoms with Gasteiger partial charge in [0, 0.05) is 13.6 Å². The summed E-state index contributed by atoms with van der Waals surface area (Å²) in [6.07, 6.45) is 2.08. The third-order valence-corrected chi connectivity index (χ3v) is 3.08. The van der Waals surface area contributed by atoms with Gasteiger partial charge in [-0.15, -0.1) is 0 Å². The molecule has 0 fully saturated rings. The Morgan fingerprint density at radius 1 is 1.46 bits per heavy atom. The van der Waals surface area contributed by atoms with Crippen LogP contribution < -0.4 is 0 Å². The van der Waals surface area contributed by atoms with Crippen LogP contribution in [0.1, 0.15) is 13.8 Å². The number of hydrogen-bond donors (Lipinski definition) is 0. The molecule has 0 aromatic rings. The molecule has 2 nitrogen and oxygen atoms in total. The van der Waals surface area contributed by atoms with Crippen molar-refractivity contribution >= 4 is 23.2 Å². The van der Waals surface area contributed by atoms with Crippen LogP contribution in [0.25, 0.3) is 0 Å². The molecule has 0 atom stereocenters. The molecule has 1 heterocycles. The van der Waals surface area contributed by atoms with E-state index in [4.69, 9.17) is 23.2 Å². The molecular weight excluding hydrogens is 207 g/mol. The first kappa shape index (κ1) is 10.7. The van der Waals surface area contributed by atoms with Gasteiger partial charge >= 0.3 is 0 Å². The normalized spacial score (nSPS) is 19.0. The third kappa shape index (κ3) is 2.32. The van der Waals surface area contributed by atoms with Crippen LogP contribution >= 0.6 is 23.2 Å². The Kier molecular flexibility index (Phi) is 3.51. The zero-order valence-electron chi connectivity index (χ0n) is 8.14. The monoisotopic (exact) mass is 220 g/mol.